The number of likely N-dealkylation sites (tertiary alicyclic amines) is 1. The maximum atomic E-state index is 13.6. The van der Waals surface area contributed by atoms with Gasteiger partial charge < -0.3 is 15.0 Å². The van der Waals surface area contributed by atoms with Gasteiger partial charge in [-0.25, -0.2) is 0 Å². The number of hydrogen-bond donors (Lipinski definition) is 1. The third kappa shape index (κ3) is 4.09. The molecule has 7 nitrogen and oxygen atoms in total. The number of aromatic nitrogens is 2. The molecular weight excluding hydrogens is 366 g/mol. The zero-order valence-electron chi connectivity index (χ0n) is 18.3. The summed E-state index contributed by atoms with van der Waals surface area (Å²) in [5.74, 6) is 0.728. The van der Waals surface area contributed by atoms with Gasteiger partial charge in [-0.15, -0.1) is 0 Å². The molecule has 0 spiro atoms. The standard InChI is InChI=1S/C22H37N5O2/c1-4-26-8-6-19-13-20(27-9-11-29-12-10-27)5-7-22(19,16-26)21(28)23-14-18-15-24-25(3)17(18)2/h15,19-20H,4-14,16H2,1-3H3,(H,23,28)/t19-,20+,22-/m1/s1. The topological polar surface area (TPSA) is 62.6 Å². The highest BCUT2D eigenvalue weighted by Gasteiger charge is 2.52. The summed E-state index contributed by atoms with van der Waals surface area (Å²) in [6, 6.07) is 0.610. The second-order valence-electron chi connectivity index (χ2n) is 9.15. The van der Waals surface area contributed by atoms with Crippen molar-refractivity contribution in [2.45, 2.75) is 52.1 Å². The summed E-state index contributed by atoms with van der Waals surface area (Å²) >= 11 is 0. The molecule has 4 rings (SSSR count). The van der Waals surface area contributed by atoms with Gasteiger partial charge >= 0.3 is 0 Å². The number of amides is 1. The zero-order valence-corrected chi connectivity index (χ0v) is 18.3. The van der Waals surface area contributed by atoms with Gasteiger partial charge in [-0.3, -0.25) is 14.4 Å². The largest absolute Gasteiger partial charge is 0.379 e. The summed E-state index contributed by atoms with van der Waals surface area (Å²) < 4.78 is 7.42. The second kappa shape index (κ2) is 8.74. The van der Waals surface area contributed by atoms with Crippen LogP contribution in [-0.4, -0.2) is 77.5 Å². The predicted octanol–water partition coefficient (Wildman–Crippen LogP) is 1.56. The van der Waals surface area contributed by atoms with Crippen molar-refractivity contribution in [2.75, 3.05) is 45.9 Å². The lowest BCUT2D eigenvalue weighted by atomic mass is 9.61. The zero-order chi connectivity index (χ0) is 20.4. The number of morpholine rings is 1. The second-order valence-corrected chi connectivity index (χ2v) is 9.15. The van der Waals surface area contributed by atoms with Crippen molar-refractivity contribution >= 4 is 5.91 Å². The first-order valence-electron chi connectivity index (χ1n) is 11.3. The number of hydrogen-bond acceptors (Lipinski definition) is 5. The van der Waals surface area contributed by atoms with Crippen LogP contribution in [0.5, 0.6) is 0 Å². The summed E-state index contributed by atoms with van der Waals surface area (Å²) in [7, 11) is 1.95. The molecule has 29 heavy (non-hydrogen) atoms. The molecule has 0 radical (unpaired) electrons. The maximum Gasteiger partial charge on any atom is 0.228 e. The molecule has 0 bridgehead atoms. The molecule has 1 aromatic heterocycles. The van der Waals surface area contributed by atoms with E-state index in [1.807, 2.05) is 17.9 Å². The minimum absolute atomic E-state index is 0.243. The molecule has 3 aliphatic rings. The Labute approximate surface area is 174 Å². The first-order valence-corrected chi connectivity index (χ1v) is 11.3. The summed E-state index contributed by atoms with van der Waals surface area (Å²) in [4.78, 5) is 18.7. The Balaban J connectivity index is 1.47. The molecule has 1 saturated carbocycles. The van der Waals surface area contributed by atoms with Crippen molar-refractivity contribution in [3.8, 4) is 0 Å². The monoisotopic (exact) mass is 403 g/mol. The average Bonchev–Trinajstić information content (AvgIpc) is 3.09. The molecule has 1 amide bonds. The van der Waals surface area contributed by atoms with Crippen molar-refractivity contribution < 1.29 is 9.53 Å². The van der Waals surface area contributed by atoms with E-state index in [0.29, 0.717) is 18.5 Å². The lowest BCUT2D eigenvalue weighted by Crippen LogP contribution is -2.60. The number of ether oxygens (including phenoxy) is 1. The van der Waals surface area contributed by atoms with Crippen molar-refractivity contribution in [1.82, 2.24) is 24.9 Å². The molecule has 7 heteroatoms. The van der Waals surface area contributed by atoms with Crippen molar-refractivity contribution in [1.29, 1.82) is 0 Å². The Morgan fingerprint density at radius 2 is 2.10 bits per heavy atom. The molecule has 3 atom stereocenters. The molecule has 1 aliphatic carbocycles. The summed E-state index contributed by atoms with van der Waals surface area (Å²) in [6.45, 7) is 11.7. The first kappa shape index (κ1) is 20.8. The smallest absolute Gasteiger partial charge is 0.228 e. The third-order valence-corrected chi connectivity index (χ3v) is 7.80. The van der Waals surface area contributed by atoms with E-state index in [1.165, 1.54) is 0 Å². The van der Waals surface area contributed by atoms with Crippen LogP contribution in [-0.2, 0) is 23.1 Å². The molecule has 3 fully saturated rings. The Morgan fingerprint density at radius 1 is 1.31 bits per heavy atom. The molecule has 0 aromatic carbocycles. The van der Waals surface area contributed by atoms with E-state index in [4.69, 9.17) is 4.74 Å². The lowest BCUT2D eigenvalue weighted by Gasteiger charge is -2.53. The molecule has 2 saturated heterocycles. The van der Waals surface area contributed by atoms with Crippen LogP contribution >= 0.6 is 0 Å². The molecule has 3 heterocycles. The number of aryl methyl sites for hydroxylation is 1. The molecule has 162 valence electrons. The van der Waals surface area contributed by atoms with Crippen LogP contribution in [0.15, 0.2) is 6.20 Å². The van der Waals surface area contributed by atoms with Crippen molar-refractivity contribution in [2.24, 2.45) is 18.4 Å². The average molecular weight is 404 g/mol. The fourth-order valence-electron chi connectivity index (χ4n) is 5.70. The summed E-state index contributed by atoms with van der Waals surface area (Å²) in [6.07, 6.45) is 6.27. The summed E-state index contributed by atoms with van der Waals surface area (Å²) in [5, 5.41) is 7.61. The van der Waals surface area contributed by atoms with Gasteiger partial charge in [-0.2, -0.15) is 5.10 Å². The van der Waals surface area contributed by atoms with E-state index >= 15 is 0 Å². The number of nitrogens with one attached hydrogen (secondary N) is 1. The van der Waals surface area contributed by atoms with E-state index in [1.54, 1.807) is 0 Å². The van der Waals surface area contributed by atoms with Gasteiger partial charge in [-0.05, 0) is 51.6 Å². The highest BCUT2D eigenvalue weighted by molar-refractivity contribution is 5.83. The van der Waals surface area contributed by atoms with E-state index in [-0.39, 0.29) is 11.3 Å². The Kier molecular flexibility index (Phi) is 6.27. The molecule has 1 N–H and O–H groups in total. The number of rotatable bonds is 5. The van der Waals surface area contributed by atoms with E-state index in [2.05, 4.69) is 34.1 Å². The number of carbonyl (C=O) groups is 1. The SMILES string of the molecule is CCN1CC[C@@H]2C[C@@H](N3CCOCC3)CC[C@@]2(C(=O)NCc2cnn(C)c2C)C1. The molecule has 1 aromatic rings. The Hall–Kier alpha value is -1.44. The maximum absolute atomic E-state index is 13.6. The normalized spacial score (nSPS) is 31.4. The molecule has 2 aliphatic heterocycles. The van der Waals surface area contributed by atoms with Crippen LogP contribution in [0.3, 0.4) is 0 Å². The highest BCUT2D eigenvalue weighted by Crippen LogP contribution is 2.47. The van der Waals surface area contributed by atoms with Crippen LogP contribution in [0.2, 0.25) is 0 Å². The number of piperidine rings is 1. The van der Waals surface area contributed by atoms with Gasteiger partial charge in [0.1, 0.15) is 0 Å². The Bertz CT molecular complexity index is 714. The quantitative estimate of drug-likeness (QED) is 0.808. The van der Waals surface area contributed by atoms with Gasteiger partial charge in [0, 0.05) is 50.5 Å². The van der Waals surface area contributed by atoms with Crippen LogP contribution in [0.4, 0.5) is 0 Å². The van der Waals surface area contributed by atoms with Crippen molar-refractivity contribution in [3.05, 3.63) is 17.5 Å². The van der Waals surface area contributed by atoms with Crippen molar-refractivity contribution in [3.63, 3.8) is 0 Å². The first-order chi connectivity index (χ1) is 14.0. The van der Waals surface area contributed by atoms with Crippen LogP contribution in [0, 0.1) is 18.3 Å². The minimum Gasteiger partial charge on any atom is -0.379 e. The van der Waals surface area contributed by atoms with Gasteiger partial charge in [0.2, 0.25) is 5.91 Å². The molecular formula is C22H37N5O2. The third-order valence-electron chi connectivity index (χ3n) is 7.80. The number of nitrogens with zero attached hydrogens (tertiary/aromatic N) is 4. The van der Waals surface area contributed by atoms with Gasteiger partial charge in [0.05, 0.1) is 24.8 Å². The highest BCUT2D eigenvalue weighted by atomic mass is 16.5. The Morgan fingerprint density at radius 3 is 2.79 bits per heavy atom. The van der Waals surface area contributed by atoms with Gasteiger partial charge in [-0.1, -0.05) is 6.92 Å². The summed E-state index contributed by atoms with van der Waals surface area (Å²) in [5.41, 5.74) is 1.99. The van der Waals surface area contributed by atoms with Gasteiger partial charge in [0.15, 0.2) is 0 Å². The van der Waals surface area contributed by atoms with E-state index < -0.39 is 0 Å². The predicted molar refractivity (Wildman–Crippen MR) is 112 cm³/mol. The molecule has 0 unspecified atom stereocenters. The lowest BCUT2D eigenvalue weighted by molar-refractivity contribution is -0.145. The van der Waals surface area contributed by atoms with E-state index in [9.17, 15) is 4.79 Å². The van der Waals surface area contributed by atoms with Crippen LogP contribution < -0.4 is 5.32 Å². The van der Waals surface area contributed by atoms with Crippen LogP contribution in [0.25, 0.3) is 0 Å². The van der Waals surface area contributed by atoms with Gasteiger partial charge in [0.25, 0.3) is 0 Å². The number of carbonyl (C=O) groups excluding carboxylic acids is 1. The number of fused-ring (bicyclic) bond motifs is 1. The van der Waals surface area contributed by atoms with Crippen LogP contribution in [0.1, 0.15) is 43.9 Å². The minimum atomic E-state index is -0.243. The van der Waals surface area contributed by atoms with E-state index in [0.717, 1.165) is 82.9 Å². The fourth-order valence-corrected chi connectivity index (χ4v) is 5.70. The fraction of sp³-hybridized carbons (Fsp3) is 0.818.